The van der Waals surface area contributed by atoms with Gasteiger partial charge in [0.1, 0.15) is 6.54 Å². The van der Waals surface area contributed by atoms with Crippen molar-refractivity contribution in [2.75, 3.05) is 13.1 Å². The molecule has 0 unspecified atom stereocenters. The summed E-state index contributed by atoms with van der Waals surface area (Å²) in [6.45, 7) is 3.59. The van der Waals surface area contributed by atoms with E-state index < -0.39 is 0 Å². The predicted molar refractivity (Wildman–Crippen MR) is 128 cm³/mol. The molecule has 0 radical (unpaired) electrons. The van der Waals surface area contributed by atoms with Gasteiger partial charge in [0.2, 0.25) is 11.8 Å². The molecule has 0 aliphatic heterocycles. The molecule has 2 aromatic carbocycles. The molecule has 0 fully saturated rings. The summed E-state index contributed by atoms with van der Waals surface area (Å²) in [6, 6.07) is 23.6. The molecule has 0 spiro atoms. The number of carbonyl (C=O) groups is 2. The van der Waals surface area contributed by atoms with Crippen LogP contribution in [0.3, 0.4) is 0 Å². The second-order valence-electron chi connectivity index (χ2n) is 7.85. The number of hydrogen-bond acceptors (Lipinski definition) is 2. The molecule has 32 heavy (non-hydrogen) atoms. The van der Waals surface area contributed by atoms with Crippen molar-refractivity contribution in [1.82, 2.24) is 14.4 Å². The lowest BCUT2D eigenvalue weighted by molar-refractivity contribution is -0.139. The zero-order valence-corrected chi connectivity index (χ0v) is 18.9. The third kappa shape index (κ3) is 6.71. The average molecular weight is 430 g/mol. The van der Waals surface area contributed by atoms with Gasteiger partial charge in [-0.3, -0.25) is 9.59 Å². The second kappa shape index (κ2) is 11.7. The van der Waals surface area contributed by atoms with E-state index >= 15 is 0 Å². The Balaban J connectivity index is 1.74. The first-order valence-corrected chi connectivity index (χ1v) is 11.0. The van der Waals surface area contributed by atoms with Crippen LogP contribution in [0.1, 0.15) is 30.2 Å². The first kappa shape index (κ1) is 23.1. The lowest BCUT2D eigenvalue weighted by Crippen LogP contribution is -2.42. The number of aryl methyl sites for hydroxylation is 1. The van der Waals surface area contributed by atoms with Gasteiger partial charge in [0.25, 0.3) is 0 Å². The second-order valence-corrected chi connectivity index (χ2v) is 7.85. The Morgan fingerprint density at radius 3 is 2.19 bits per heavy atom. The Morgan fingerprint density at radius 1 is 0.875 bits per heavy atom. The van der Waals surface area contributed by atoms with E-state index in [0.717, 1.165) is 23.2 Å². The minimum Gasteiger partial charge on any atom is -0.353 e. The molecule has 0 bridgehead atoms. The first-order chi connectivity index (χ1) is 15.6. The van der Waals surface area contributed by atoms with Gasteiger partial charge in [-0.05, 0) is 35.8 Å². The number of aromatic nitrogens is 1. The monoisotopic (exact) mass is 429 g/mol. The van der Waals surface area contributed by atoms with Gasteiger partial charge in [0.15, 0.2) is 0 Å². The SMILES string of the molecule is CCCN(CC(=O)N(Cc1ccccc1)Cc1cccn1C)C(=O)/C=C/c1ccccc1. The van der Waals surface area contributed by atoms with Crippen LogP contribution in [0.4, 0.5) is 0 Å². The summed E-state index contributed by atoms with van der Waals surface area (Å²) in [5.74, 6) is -0.215. The largest absolute Gasteiger partial charge is 0.353 e. The molecule has 1 aromatic heterocycles. The highest BCUT2D eigenvalue weighted by Crippen LogP contribution is 2.12. The van der Waals surface area contributed by atoms with Crippen molar-refractivity contribution in [3.8, 4) is 0 Å². The molecule has 0 aliphatic rings. The molecule has 3 aromatic rings. The molecular formula is C27H31N3O2. The quantitative estimate of drug-likeness (QED) is 0.445. The number of hydrogen-bond donors (Lipinski definition) is 0. The van der Waals surface area contributed by atoms with E-state index in [2.05, 4.69) is 0 Å². The molecule has 1 heterocycles. The summed E-state index contributed by atoms with van der Waals surface area (Å²) < 4.78 is 2.02. The molecule has 0 saturated heterocycles. The summed E-state index contributed by atoms with van der Waals surface area (Å²) in [5.41, 5.74) is 3.07. The Kier molecular flexibility index (Phi) is 8.44. The van der Waals surface area contributed by atoms with Crippen LogP contribution < -0.4 is 0 Å². The minimum absolute atomic E-state index is 0.0586. The molecule has 2 amide bonds. The summed E-state index contributed by atoms with van der Waals surface area (Å²) in [4.78, 5) is 29.7. The van der Waals surface area contributed by atoms with Crippen molar-refractivity contribution in [3.05, 3.63) is 102 Å². The van der Waals surface area contributed by atoms with Gasteiger partial charge in [-0.1, -0.05) is 67.6 Å². The minimum atomic E-state index is -0.150. The molecule has 0 N–H and O–H groups in total. The van der Waals surface area contributed by atoms with Crippen LogP contribution in [-0.4, -0.2) is 39.3 Å². The molecule has 0 saturated carbocycles. The van der Waals surface area contributed by atoms with Crippen LogP contribution in [0.5, 0.6) is 0 Å². The number of benzene rings is 2. The van der Waals surface area contributed by atoms with Gasteiger partial charge in [-0.25, -0.2) is 0 Å². The predicted octanol–water partition coefficient (Wildman–Crippen LogP) is 4.51. The van der Waals surface area contributed by atoms with Gasteiger partial charge in [0.05, 0.1) is 6.54 Å². The Morgan fingerprint density at radius 2 is 1.56 bits per heavy atom. The maximum atomic E-state index is 13.3. The van der Waals surface area contributed by atoms with E-state index in [-0.39, 0.29) is 18.4 Å². The topological polar surface area (TPSA) is 45.6 Å². The van der Waals surface area contributed by atoms with Crippen LogP contribution >= 0.6 is 0 Å². The summed E-state index contributed by atoms with van der Waals surface area (Å²) >= 11 is 0. The fourth-order valence-electron chi connectivity index (χ4n) is 3.53. The molecule has 166 valence electrons. The molecule has 3 rings (SSSR count). The van der Waals surface area contributed by atoms with E-state index in [1.807, 2.05) is 102 Å². The summed E-state index contributed by atoms with van der Waals surface area (Å²) in [5, 5.41) is 0. The third-order valence-corrected chi connectivity index (χ3v) is 5.32. The van der Waals surface area contributed by atoms with Crippen molar-refractivity contribution in [1.29, 1.82) is 0 Å². The fourth-order valence-corrected chi connectivity index (χ4v) is 3.53. The van der Waals surface area contributed by atoms with E-state index in [4.69, 9.17) is 0 Å². The van der Waals surface area contributed by atoms with Gasteiger partial charge >= 0.3 is 0 Å². The maximum absolute atomic E-state index is 13.3. The van der Waals surface area contributed by atoms with E-state index in [1.54, 1.807) is 17.1 Å². The van der Waals surface area contributed by atoms with Crippen LogP contribution in [0.2, 0.25) is 0 Å². The molecule has 0 atom stereocenters. The van der Waals surface area contributed by atoms with Gasteiger partial charge in [0, 0.05) is 38.1 Å². The van der Waals surface area contributed by atoms with Crippen molar-refractivity contribution in [2.24, 2.45) is 7.05 Å². The average Bonchev–Trinajstić information content (AvgIpc) is 3.22. The normalized spacial score (nSPS) is 10.9. The summed E-state index contributed by atoms with van der Waals surface area (Å²) in [7, 11) is 1.97. The molecule has 0 aliphatic carbocycles. The fraction of sp³-hybridized carbons (Fsp3) is 0.259. The third-order valence-electron chi connectivity index (χ3n) is 5.32. The van der Waals surface area contributed by atoms with E-state index in [1.165, 1.54) is 0 Å². The highest BCUT2D eigenvalue weighted by atomic mass is 16.2. The molecule has 5 heteroatoms. The highest BCUT2D eigenvalue weighted by molar-refractivity contribution is 5.94. The lowest BCUT2D eigenvalue weighted by Gasteiger charge is -2.27. The maximum Gasteiger partial charge on any atom is 0.247 e. The van der Waals surface area contributed by atoms with Crippen molar-refractivity contribution < 1.29 is 9.59 Å². The van der Waals surface area contributed by atoms with Crippen LogP contribution in [0, 0.1) is 0 Å². The Hall–Kier alpha value is -3.60. The van der Waals surface area contributed by atoms with Crippen LogP contribution in [0.25, 0.3) is 6.08 Å². The molecular weight excluding hydrogens is 398 g/mol. The number of carbonyl (C=O) groups excluding carboxylic acids is 2. The van der Waals surface area contributed by atoms with Gasteiger partial charge in [-0.15, -0.1) is 0 Å². The zero-order valence-electron chi connectivity index (χ0n) is 18.9. The van der Waals surface area contributed by atoms with E-state index in [9.17, 15) is 9.59 Å². The Labute approximate surface area is 190 Å². The lowest BCUT2D eigenvalue weighted by atomic mass is 10.2. The Bertz CT molecular complexity index is 1030. The van der Waals surface area contributed by atoms with Gasteiger partial charge < -0.3 is 14.4 Å². The zero-order chi connectivity index (χ0) is 22.8. The van der Waals surface area contributed by atoms with Crippen molar-refractivity contribution in [2.45, 2.75) is 26.4 Å². The number of rotatable bonds is 10. The first-order valence-electron chi connectivity index (χ1n) is 11.0. The standard InChI is InChI=1S/C27H31N3O2/c1-3-18-29(26(31)17-16-23-11-6-4-7-12-23)22-27(32)30(20-24-13-8-5-9-14-24)21-25-15-10-19-28(25)2/h4-17,19H,3,18,20-22H2,1-2H3/b17-16+. The van der Waals surface area contributed by atoms with Crippen LogP contribution in [-0.2, 0) is 29.7 Å². The van der Waals surface area contributed by atoms with E-state index in [0.29, 0.717) is 19.6 Å². The van der Waals surface area contributed by atoms with Gasteiger partial charge in [-0.2, -0.15) is 0 Å². The number of amides is 2. The van der Waals surface area contributed by atoms with Crippen molar-refractivity contribution in [3.63, 3.8) is 0 Å². The smallest absolute Gasteiger partial charge is 0.247 e. The molecule has 5 nitrogen and oxygen atoms in total. The van der Waals surface area contributed by atoms with Crippen molar-refractivity contribution >= 4 is 17.9 Å². The summed E-state index contributed by atoms with van der Waals surface area (Å²) in [6.07, 6.45) is 6.11. The highest BCUT2D eigenvalue weighted by Gasteiger charge is 2.21. The number of nitrogens with zero attached hydrogens (tertiary/aromatic N) is 3. The van der Waals surface area contributed by atoms with Crippen LogP contribution in [0.15, 0.2) is 85.1 Å².